The summed E-state index contributed by atoms with van der Waals surface area (Å²) in [6.07, 6.45) is -1.86. The summed E-state index contributed by atoms with van der Waals surface area (Å²) in [7, 11) is 0. The first kappa shape index (κ1) is 15.7. The predicted octanol–water partition coefficient (Wildman–Crippen LogP) is 4.38. The van der Waals surface area contributed by atoms with Crippen LogP contribution in [0.2, 0.25) is 0 Å². The van der Waals surface area contributed by atoms with Gasteiger partial charge in [-0.3, -0.25) is 4.79 Å². The van der Waals surface area contributed by atoms with Gasteiger partial charge in [0.05, 0.1) is 11.1 Å². The molecule has 6 heteroatoms. The van der Waals surface area contributed by atoms with Gasteiger partial charge in [0.25, 0.3) is 0 Å². The quantitative estimate of drug-likeness (QED) is 0.876. The van der Waals surface area contributed by atoms with Crippen molar-refractivity contribution in [3.8, 4) is 5.75 Å². The maximum atomic E-state index is 12.4. The van der Waals surface area contributed by atoms with Crippen molar-refractivity contribution in [2.45, 2.75) is 51.3 Å². The van der Waals surface area contributed by atoms with E-state index in [0.717, 1.165) is 12.8 Å². The lowest BCUT2D eigenvalue weighted by atomic mass is 9.75. The molecule has 1 aliphatic rings. The summed E-state index contributed by atoms with van der Waals surface area (Å²) in [6, 6.07) is 4.42. The van der Waals surface area contributed by atoms with Crippen LogP contribution in [0, 0.1) is 0 Å². The maximum Gasteiger partial charge on any atom is 0.573 e. The second kappa shape index (κ2) is 5.58. The molecule has 0 aromatic heterocycles. The minimum Gasteiger partial charge on any atom is -0.404 e. The molecule has 0 fully saturated rings. The van der Waals surface area contributed by atoms with E-state index in [1.165, 1.54) is 12.1 Å². The molecule has 0 aliphatic carbocycles. The zero-order valence-corrected chi connectivity index (χ0v) is 12.0. The topological polar surface area (TPSA) is 38.3 Å². The molecule has 1 atom stereocenters. The lowest BCUT2D eigenvalue weighted by Gasteiger charge is -2.25. The second-order valence-corrected chi connectivity index (χ2v) is 5.22. The van der Waals surface area contributed by atoms with Crippen molar-refractivity contribution in [2.24, 2.45) is 0 Å². The molecule has 0 saturated carbocycles. The molecule has 0 spiro atoms. The van der Waals surface area contributed by atoms with E-state index < -0.39 is 11.8 Å². The van der Waals surface area contributed by atoms with Crippen LogP contribution in [-0.4, -0.2) is 12.3 Å². The first-order chi connectivity index (χ1) is 9.84. The van der Waals surface area contributed by atoms with Crippen LogP contribution in [0.3, 0.4) is 0 Å². The molecule has 0 saturated heterocycles. The first-order valence-electron chi connectivity index (χ1n) is 7.04. The molecule has 21 heavy (non-hydrogen) atoms. The molecule has 0 radical (unpaired) electrons. The number of rotatable bonds is 5. The SMILES string of the molecule is CCCCC1(CC)C(=O)Nc2c(OC(F)(F)F)cccc21. The lowest BCUT2D eigenvalue weighted by molar-refractivity contribution is -0.274. The highest BCUT2D eigenvalue weighted by Gasteiger charge is 2.46. The van der Waals surface area contributed by atoms with Gasteiger partial charge in [-0.1, -0.05) is 38.8 Å². The molecular weight excluding hydrogens is 283 g/mol. The Morgan fingerprint density at radius 2 is 2.00 bits per heavy atom. The smallest absolute Gasteiger partial charge is 0.404 e. The Bertz CT molecular complexity index is 542. The number of hydrogen-bond acceptors (Lipinski definition) is 2. The van der Waals surface area contributed by atoms with Crippen molar-refractivity contribution in [2.75, 3.05) is 5.32 Å². The van der Waals surface area contributed by atoms with Crippen LogP contribution >= 0.6 is 0 Å². The molecule has 116 valence electrons. The van der Waals surface area contributed by atoms with Gasteiger partial charge in [0, 0.05) is 0 Å². The van der Waals surface area contributed by atoms with E-state index in [1.54, 1.807) is 6.07 Å². The van der Waals surface area contributed by atoms with E-state index in [2.05, 4.69) is 10.1 Å². The Morgan fingerprint density at radius 3 is 2.57 bits per heavy atom. The third-order valence-corrected chi connectivity index (χ3v) is 4.00. The molecule has 1 aromatic carbocycles. The summed E-state index contributed by atoms with van der Waals surface area (Å²) in [6.45, 7) is 3.89. The Balaban J connectivity index is 2.45. The zero-order valence-electron chi connectivity index (χ0n) is 12.0. The molecule has 1 heterocycles. The average Bonchev–Trinajstić information content (AvgIpc) is 2.69. The Kier molecular flexibility index (Phi) is 4.16. The lowest BCUT2D eigenvalue weighted by Crippen LogP contribution is -2.33. The van der Waals surface area contributed by atoms with E-state index in [0.29, 0.717) is 18.4 Å². The van der Waals surface area contributed by atoms with Gasteiger partial charge >= 0.3 is 6.36 Å². The summed E-state index contributed by atoms with van der Waals surface area (Å²) >= 11 is 0. The number of amides is 1. The third-order valence-electron chi connectivity index (χ3n) is 4.00. The van der Waals surface area contributed by atoms with Gasteiger partial charge in [0.15, 0.2) is 5.75 Å². The van der Waals surface area contributed by atoms with Gasteiger partial charge in [-0.2, -0.15) is 0 Å². The summed E-state index contributed by atoms with van der Waals surface area (Å²) < 4.78 is 41.4. The molecule has 1 N–H and O–H groups in total. The molecule has 2 rings (SSSR count). The molecular formula is C15H18F3NO2. The van der Waals surface area contributed by atoms with Crippen LogP contribution < -0.4 is 10.1 Å². The average molecular weight is 301 g/mol. The first-order valence-corrected chi connectivity index (χ1v) is 7.04. The largest absolute Gasteiger partial charge is 0.573 e. The fourth-order valence-electron chi connectivity index (χ4n) is 2.88. The Morgan fingerprint density at radius 1 is 1.29 bits per heavy atom. The Labute approximate surface area is 121 Å². The van der Waals surface area contributed by atoms with E-state index in [-0.39, 0.29) is 17.3 Å². The normalized spacial score (nSPS) is 21.1. The number of hydrogen-bond donors (Lipinski definition) is 1. The van der Waals surface area contributed by atoms with Gasteiger partial charge in [0.1, 0.15) is 0 Å². The molecule has 1 aliphatic heterocycles. The van der Waals surface area contributed by atoms with Crippen molar-refractivity contribution < 1.29 is 22.7 Å². The summed E-state index contributed by atoms with van der Waals surface area (Å²) in [4.78, 5) is 12.4. The maximum absolute atomic E-state index is 12.4. The van der Waals surface area contributed by atoms with Crippen molar-refractivity contribution in [3.63, 3.8) is 0 Å². The van der Waals surface area contributed by atoms with Crippen molar-refractivity contribution in [1.82, 2.24) is 0 Å². The highest BCUT2D eigenvalue weighted by atomic mass is 19.4. The van der Waals surface area contributed by atoms with Crippen LogP contribution in [0.15, 0.2) is 18.2 Å². The zero-order chi connectivity index (χ0) is 15.7. The minimum absolute atomic E-state index is 0.151. The highest BCUT2D eigenvalue weighted by molar-refractivity contribution is 6.07. The highest BCUT2D eigenvalue weighted by Crippen LogP contribution is 2.48. The van der Waals surface area contributed by atoms with Crippen LogP contribution in [0.5, 0.6) is 5.75 Å². The number of ether oxygens (including phenoxy) is 1. The van der Waals surface area contributed by atoms with Gasteiger partial charge in [-0.15, -0.1) is 13.2 Å². The number of carbonyl (C=O) groups excluding carboxylic acids is 1. The van der Waals surface area contributed by atoms with E-state index in [1.807, 2.05) is 13.8 Å². The fourth-order valence-corrected chi connectivity index (χ4v) is 2.88. The van der Waals surface area contributed by atoms with Crippen LogP contribution in [-0.2, 0) is 10.2 Å². The number of anilines is 1. The second-order valence-electron chi connectivity index (χ2n) is 5.22. The molecule has 1 unspecified atom stereocenters. The number of nitrogens with one attached hydrogen (secondary N) is 1. The molecule has 1 amide bonds. The Hall–Kier alpha value is -1.72. The standard InChI is InChI=1S/C15H18F3NO2/c1-3-5-9-14(4-2)10-7-6-8-11(21-15(16,17)18)12(10)19-13(14)20/h6-8H,3-5,9H2,1-2H3,(H,19,20). The van der Waals surface area contributed by atoms with Gasteiger partial charge in [0.2, 0.25) is 5.91 Å². The number of benzene rings is 1. The monoisotopic (exact) mass is 301 g/mol. The number of para-hydroxylation sites is 1. The van der Waals surface area contributed by atoms with E-state index >= 15 is 0 Å². The summed E-state index contributed by atoms with van der Waals surface area (Å²) in [5, 5.41) is 2.58. The van der Waals surface area contributed by atoms with Crippen molar-refractivity contribution >= 4 is 11.6 Å². The summed E-state index contributed by atoms with van der Waals surface area (Å²) in [5.74, 6) is -0.591. The molecule has 0 bridgehead atoms. The number of fused-ring (bicyclic) bond motifs is 1. The molecule has 1 aromatic rings. The number of carbonyl (C=O) groups is 1. The number of alkyl halides is 3. The van der Waals surface area contributed by atoms with Crippen molar-refractivity contribution in [3.05, 3.63) is 23.8 Å². The van der Waals surface area contributed by atoms with Gasteiger partial charge < -0.3 is 10.1 Å². The van der Waals surface area contributed by atoms with Gasteiger partial charge in [-0.05, 0) is 24.5 Å². The van der Waals surface area contributed by atoms with E-state index in [4.69, 9.17) is 0 Å². The van der Waals surface area contributed by atoms with Gasteiger partial charge in [-0.25, -0.2) is 0 Å². The number of unbranched alkanes of at least 4 members (excludes halogenated alkanes) is 1. The van der Waals surface area contributed by atoms with Crippen LogP contribution in [0.4, 0.5) is 18.9 Å². The van der Waals surface area contributed by atoms with Crippen molar-refractivity contribution in [1.29, 1.82) is 0 Å². The number of halogens is 3. The van der Waals surface area contributed by atoms with E-state index in [9.17, 15) is 18.0 Å². The summed E-state index contributed by atoms with van der Waals surface area (Å²) in [5.41, 5.74) is -0.000901. The minimum atomic E-state index is -4.78. The molecule has 3 nitrogen and oxygen atoms in total. The predicted molar refractivity (Wildman–Crippen MR) is 73.2 cm³/mol. The van der Waals surface area contributed by atoms with Crippen LogP contribution in [0.1, 0.15) is 45.1 Å². The fraction of sp³-hybridized carbons (Fsp3) is 0.533. The van der Waals surface area contributed by atoms with Crippen LogP contribution in [0.25, 0.3) is 0 Å². The third kappa shape index (κ3) is 2.84.